The Morgan fingerprint density at radius 1 is 1.32 bits per heavy atom. The third-order valence-electron chi connectivity index (χ3n) is 4.39. The second-order valence-corrected chi connectivity index (χ2v) is 6.51. The number of fused-ring (bicyclic) bond motifs is 1. The molecule has 6 nitrogen and oxygen atoms in total. The minimum atomic E-state index is 0.244. The van der Waals surface area contributed by atoms with E-state index in [-0.39, 0.29) is 6.10 Å². The van der Waals surface area contributed by atoms with Gasteiger partial charge in [0, 0.05) is 19.6 Å². The molecule has 1 unspecified atom stereocenters. The second kappa shape index (κ2) is 6.98. The van der Waals surface area contributed by atoms with E-state index in [1.165, 1.54) is 0 Å². The summed E-state index contributed by atoms with van der Waals surface area (Å²) in [5.74, 6) is 1.58. The molecule has 1 aliphatic rings. The molecule has 1 atom stereocenters. The van der Waals surface area contributed by atoms with Crippen LogP contribution in [0.1, 0.15) is 25.6 Å². The van der Waals surface area contributed by atoms with Crippen molar-refractivity contribution < 1.29 is 4.74 Å². The van der Waals surface area contributed by atoms with Crippen LogP contribution in [0.3, 0.4) is 0 Å². The molecule has 1 aliphatic heterocycles. The number of para-hydroxylation sites is 1. The lowest BCUT2D eigenvalue weighted by atomic mass is 10.2. The average molecular weight is 358 g/mol. The molecule has 3 aromatic rings. The van der Waals surface area contributed by atoms with Gasteiger partial charge in [-0.2, -0.15) is 5.10 Å². The summed E-state index contributed by atoms with van der Waals surface area (Å²) >= 11 is 6.34. The van der Waals surface area contributed by atoms with Gasteiger partial charge in [0.05, 0.1) is 28.4 Å². The Balaban J connectivity index is 1.75. The fourth-order valence-electron chi connectivity index (χ4n) is 3.06. The molecule has 0 saturated carbocycles. The minimum Gasteiger partial charge on any atom is -0.376 e. The first-order valence-corrected chi connectivity index (χ1v) is 8.99. The third kappa shape index (κ3) is 3.19. The van der Waals surface area contributed by atoms with Crippen molar-refractivity contribution in [2.24, 2.45) is 0 Å². The van der Waals surface area contributed by atoms with Crippen LogP contribution < -0.4 is 5.32 Å². The summed E-state index contributed by atoms with van der Waals surface area (Å²) in [5, 5.41) is 9.44. The number of aromatic nitrogens is 4. The number of hydrogen-bond donors (Lipinski definition) is 1. The molecule has 2 aromatic heterocycles. The number of aryl methyl sites for hydroxylation is 1. The summed E-state index contributed by atoms with van der Waals surface area (Å²) in [6, 6.07) is 7.62. The van der Waals surface area contributed by atoms with E-state index in [9.17, 15) is 0 Å². The van der Waals surface area contributed by atoms with Crippen LogP contribution in [-0.4, -0.2) is 39.0 Å². The number of ether oxygens (including phenoxy) is 1. The number of rotatable bonds is 5. The Hall–Kier alpha value is -2.18. The molecule has 0 amide bonds. The monoisotopic (exact) mass is 357 g/mol. The van der Waals surface area contributed by atoms with Crippen LogP contribution >= 0.6 is 11.6 Å². The Morgan fingerprint density at radius 2 is 2.20 bits per heavy atom. The lowest BCUT2D eigenvalue weighted by molar-refractivity contribution is 0.120. The summed E-state index contributed by atoms with van der Waals surface area (Å²) in [4.78, 5) is 9.32. The van der Waals surface area contributed by atoms with Crippen LogP contribution in [0.25, 0.3) is 16.7 Å². The highest BCUT2D eigenvalue weighted by atomic mass is 35.5. The van der Waals surface area contributed by atoms with Crippen molar-refractivity contribution in [2.75, 3.05) is 18.5 Å². The van der Waals surface area contributed by atoms with Crippen LogP contribution in [0.2, 0.25) is 5.02 Å². The van der Waals surface area contributed by atoms with Crippen molar-refractivity contribution >= 4 is 28.5 Å². The van der Waals surface area contributed by atoms with Crippen molar-refractivity contribution in [2.45, 2.75) is 32.3 Å². The summed E-state index contributed by atoms with van der Waals surface area (Å²) < 4.78 is 7.46. The van der Waals surface area contributed by atoms with Crippen LogP contribution in [0.4, 0.5) is 5.82 Å². The number of nitrogens with zero attached hydrogens (tertiary/aromatic N) is 4. The van der Waals surface area contributed by atoms with Gasteiger partial charge in [-0.25, -0.2) is 14.6 Å². The first-order chi connectivity index (χ1) is 12.3. The standard InChI is InChI=1S/C18H20ClN5O/c1-2-16-22-17(20-10-12-6-5-9-25-12)13-11-21-24(18(13)23-16)15-8-4-3-7-14(15)19/h3-4,7-8,11-12H,2,5-6,9-10H2,1H3,(H,20,22,23). The molecule has 1 fully saturated rings. The van der Waals surface area contributed by atoms with E-state index >= 15 is 0 Å². The number of benzene rings is 1. The largest absolute Gasteiger partial charge is 0.376 e. The molecular weight excluding hydrogens is 338 g/mol. The molecule has 1 aromatic carbocycles. The fraction of sp³-hybridized carbons (Fsp3) is 0.389. The highest BCUT2D eigenvalue weighted by molar-refractivity contribution is 6.32. The maximum absolute atomic E-state index is 6.34. The van der Waals surface area contributed by atoms with Crippen LogP contribution in [0, 0.1) is 0 Å². The molecule has 130 valence electrons. The molecule has 1 saturated heterocycles. The molecule has 0 radical (unpaired) electrons. The molecule has 3 heterocycles. The molecule has 0 aliphatic carbocycles. The van der Waals surface area contributed by atoms with Crippen LogP contribution in [-0.2, 0) is 11.2 Å². The number of halogens is 1. The Bertz CT molecular complexity index is 888. The predicted molar refractivity (Wildman–Crippen MR) is 98.5 cm³/mol. The zero-order valence-corrected chi connectivity index (χ0v) is 14.8. The van der Waals surface area contributed by atoms with E-state index in [4.69, 9.17) is 16.3 Å². The molecule has 25 heavy (non-hydrogen) atoms. The first kappa shape index (κ1) is 16.3. The number of anilines is 1. The lowest BCUT2D eigenvalue weighted by Crippen LogP contribution is -2.19. The maximum atomic E-state index is 6.34. The summed E-state index contributed by atoms with van der Waals surface area (Å²) in [6.45, 7) is 3.63. The van der Waals surface area contributed by atoms with Crippen LogP contribution in [0.5, 0.6) is 0 Å². The summed E-state index contributed by atoms with van der Waals surface area (Å²) in [5.41, 5.74) is 1.57. The van der Waals surface area contributed by atoms with Gasteiger partial charge in [0.15, 0.2) is 5.65 Å². The average Bonchev–Trinajstić information content (AvgIpc) is 3.29. The van der Waals surface area contributed by atoms with E-state index in [1.54, 1.807) is 10.9 Å². The molecule has 0 bridgehead atoms. The highest BCUT2D eigenvalue weighted by Crippen LogP contribution is 2.26. The van der Waals surface area contributed by atoms with Crippen molar-refractivity contribution in [1.29, 1.82) is 0 Å². The van der Waals surface area contributed by atoms with E-state index in [2.05, 4.69) is 20.4 Å². The number of hydrogen-bond acceptors (Lipinski definition) is 5. The minimum absolute atomic E-state index is 0.244. The predicted octanol–water partition coefficient (Wildman–Crippen LogP) is 3.62. The topological polar surface area (TPSA) is 64.9 Å². The molecule has 0 spiro atoms. The normalized spacial score (nSPS) is 17.3. The lowest BCUT2D eigenvalue weighted by Gasteiger charge is -2.13. The van der Waals surface area contributed by atoms with E-state index in [1.807, 2.05) is 31.2 Å². The molecule has 1 N–H and O–H groups in total. The molecule has 7 heteroatoms. The Labute approximate surface area is 151 Å². The van der Waals surface area contributed by atoms with Gasteiger partial charge in [0.1, 0.15) is 11.6 Å². The van der Waals surface area contributed by atoms with Gasteiger partial charge in [0.2, 0.25) is 0 Å². The van der Waals surface area contributed by atoms with E-state index in [0.717, 1.165) is 60.8 Å². The molecule has 4 rings (SSSR count). The third-order valence-corrected chi connectivity index (χ3v) is 4.71. The Kier molecular flexibility index (Phi) is 4.55. The number of nitrogens with one attached hydrogen (secondary N) is 1. The van der Waals surface area contributed by atoms with Gasteiger partial charge < -0.3 is 10.1 Å². The quantitative estimate of drug-likeness (QED) is 0.755. The van der Waals surface area contributed by atoms with Crippen molar-refractivity contribution in [3.8, 4) is 5.69 Å². The van der Waals surface area contributed by atoms with Gasteiger partial charge in [0.25, 0.3) is 0 Å². The van der Waals surface area contributed by atoms with Gasteiger partial charge >= 0.3 is 0 Å². The van der Waals surface area contributed by atoms with Gasteiger partial charge in [-0.3, -0.25) is 0 Å². The van der Waals surface area contributed by atoms with Crippen molar-refractivity contribution in [3.63, 3.8) is 0 Å². The molecular formula is C18H20ClN5O. The van der Waals surface area contributed by atoms with Gasteiger partial charge in [-0.05, 0) is 25.0 Å². The van der Waals surface area contributed by atoms with Gasteiger partial charge in [-0.15, -0.1) is 0 Å². The zero-order chi connectivity index (χ0) is 17.2. The van der Waals surface area contributed by atoms with Gasteiger partial charge in [-0.1, -0.05) is 30.7 Å². The Morgan fingerprint density at radius 3 is 2.96 bits per heavy atom. The van der Waals surface area contributed by atoms with E-state index in [0.29, 0.717) is 5.02 Å². The van der Waals surface area contributed by atoms with Crippen LogP contribution in [0.15, 0.2) is 30.5 Å². The van der Waals surface area contributed by atoms with Crippen molar-refractivity contribution in [3.05, 3.63) is 41.3 Å². The SMILES string of the molecule is CCc1nc(NCC2CCCO2)c2cnn(-c3ccccc3Cl)c2n1. The van der Waals surface area contributed by atoms with Crippen molar-refractivity contribution in [1.82, 2.24) is 19.7 Å². The summed E-state index contributed by atoms with van der Waals surface area (Å²) in [7, 11) is 0. The first-order valence-electron chi connectivity index (χ1n) is 8.61. The maximum Gasteiger partial charge on any atom is 0.168 e. The second-order valence-electron chi connectivity index (χ2n) is 6.10. The zero-order valence-electron chi connectivity index (χ0n) is 14.1. The summed E-state index contributed by atoms with van der Waals surface area (Å²) in [6.07, 6.45) is 4.99. The highest BCUT2D eigenvalue weighted by Gasteiger charge is 2.18. The smallest absolute Gasteiger partial charge is 0.168 e. The fourth-order valence-corrected chi connectivity index (χ4v) is 3.28. The van der Waals surface area contributed by atoms with E-state index < -0.39 is 0 Å².